The fraction of sp³-hybridized carbons (Fsp3) is 0.455. The molecule has 2 atom stereocenters. The molecule has 8 heteroatoms. The number of nitrogens with two attached hydrogens (primary N) is 1. The minimum absolute atomic E-state index is 0.0824. The number of amides is 2. The summed E-state index contributed by atoms with van der Waals surface area (Å²) < 4.78 is 5.00. The summed E-state index contributed by atoms with van der Waals surface area (Å²) in [6, 6.07) is 5.29. The van der Waals surface area contributed by atoms with Crippen LogP contribution < -0.4 is 16.4 Å². The third-order valence-electron chi connectivity index (χ3n) is 5.37. The molecule has 4 N–H and O–H groups in total. The fourth-order valence-corrected chi connectivity index (χ4v) is 3.67. The van der Waals surface area contributed by atoms with Crippen molar-refractivity contribution in [3.8, 4) is 0 Å². The van der Waals surface area contributed by atoms with Gasteiger partial charge in [-0.25, -0.2) is 4.98 Å². The highest BCUT2D eigenvalue weighted by molar-refractivity contribution is 6.03. The van der Waals surface area contributed by atoms with Gasteiger partial charge in [0.05, 0.1) is 23.5 Å². The van der Waals surface area contributed by atoms with Gasteiger partial charge in [-0.3, -0.25) is 14.4 Å². The van der Waals surface area contributed by atoms with Crippen LogP contribution in [-0.4, -0.2) is 28.6 Å². The first-order chi connectivity index (χ1) is 14.4. The molecule has 0 saturated heterocycles. The van der Waals surface area contributed by atoms with Crippen molar-refractivity contribution in [2.24, 2.45) is 11.7 Å². The molecule has 0 aliphatic carbocycles. The number of unbranched alkanes of at least 4 members (excludes halogenated alkanes) is 2. The molecule has 8 nitrogen and oxygen atoms in total. The number of benzene rings is 1. The lowest BCUT2D eigenvalue weighted by Gasteiger charge is -2.30. The molecule has 1 aliphatic heterocycles. The number of anilines is 2. The number of aromatic nitrogens is 1. The number of nitrogens with zero attached hydrogens (tertiary/aromatic N) is 1. The van der Waals surface area contributed by atoms with Crippen LogP contribution in [0.4, 0.5) is 11.4 Å². The third-order valence-corrected chi connectivity index (χ3v) is 5.37. The average Bonchev–Trinajstić information content (AvgIpc) is 3.24. The minimum atomic E-state index is -0.447. The van der Waals surface area contributed by atoms with Crippen LogP contribution in [0.3, 0.4) is 0 Å². The van der Waals surface area contributed by atoms with E-state index in [0.717, 1.165) is 24.1 Å². The molecule has 1 aliphatic rings. The second-order valence-corrected chi connectivity index (χ2v) is 7.98. The van der Waals surface area contributed by atoms with E-state index in [2.05, 4.69) is 15.6 Å². The van der Waals surface area contributed by atoms with E-state index < -0.39 is 11.8 Å². The Balaban J connectivity index is 1.56. The number of hydrogen-bond donors (Lipinski definition) is 3. The van der Waals surface area contributed by atoms with E-state index in [-0.39, 0.29) is 29.5 Å². The summed E-state index contributed by atoms with van der Waals surface area (Å²) >= 11 is 0. The zero-order valence-corrected chi connectivity index (χ0v) is 17.3. The van der Waals surface area contributed by atoms with Gasteiger partial charge in [0.15, 0.2) is 0 Å². The molecule has 1 unspecified atom stereocenters. The average molecular weight is 412 g/mol. The normalized spacial score (nSPS) is 16.5. The van der Waals surface area contributed by atoms with Crippen LogP contribution in [-0.2, 0) is 9.59 Å². The van der Waals surface area contributed by atoms with Gasteiger partial charge in [-0.2, -0.15) is 0 Å². The van der Waals surface area contributed by atoms with Crippen LogP contribution in [0.2, 0.25) is 0 Å². The standard InChI is InChI=1S/C22H28N4O4/c1-13(2)19-21(29)26-17-12-14(8-9-16(17)25-19)15(20(23)28)6-4-3-5-7-18(27)22-24-10-11-30-22/h8-13,15,19,25H,3-7H2,1-2H3,(H2,23,28)(H,26,29)/t15?,19-/m0/s1. The highest BCUT2D eigenvalue weighted by Crippen LogP contribution is 2.33. The molecule has 160 valence electrons. The van der Waals surface area contributed by atoms with Gasteiger partial charge in [-0.1, -0.05) is 32.8 Å². The molecule has 3 rings (SSSR count). The maximum absolute atomic E-state index is 12.3. The van der Waals surface area contributed by atoms with Crippen molar-refractivity contribution in [3.63, 3.8) is 0 Å². The SMILES string of the molecule is CC(C)[C@@H]1Nc2ccc(C(CCCCCC(=O)c3ncco3)C(N)=O)cc2NC1=O. The summed E-state index contributed by atoms with van der Waals surface area (Å²) in [6.45, 7) is 3.97. The largest absolute Gasteiger partial charge is 0.442 e. The summed E-state index contributed by atoms with van der Waals surface area (Å²) in [5.41, 5.74) is 7.93. The van der Waals surface area contributed by atoms with Crippen LogP contribution >= 0.6 is 0 Å². The van der Waals surface area contributed by atoms with Crippen LogP contribution in [0.5, 0.6) is 0 Å². The van der Waals surface area contributed by atoms with E-state index in [0.29, 0.717) is 24.9 Å². The van der Waals surface area contributed by atoms with Crippen molar-refractivity contribution < 1.29 is 18.8 Å². The highest BCUT2D eigenvalue weighted by atomic mass is 16.3. The number of carbonyl (C=O) groups is 3. The first kappa shape index (κ1) is 21.5. The molecular formula is C22H28N4O4. The number of fused-ring (bicyclic) bond motifs is 1. The number of primary amides is 1. The lowest BCUT2D eigenvalue weighted by molar-refractivity contribution is -0.119. The van der Waals surface area contributed by atoms with Crippen molar-refractivity contribution in [1.82, 2.24) is 4.98 Å². The summed E-state index contributed by atoms with van der Waals surface area (Å²) in [5.74, 6) is -0.760. The number of hydrogen-bond acceptors (Lipinski definition) is 6. The Kier molecular flexibility index (Phi) is 6.87. The predicted molar refractivity (Wildman–Crippen MR) is 113 cm³/mol. The summed E-state index contributed by atoms with van der Waals surface area (Å²) in [7, 11) is 0. The second-order valence-electron chi connectivity index (χ2n) is 7.98. The van der Waals surface area contributed by atoms with Gasteiger partial charge in [-0.05, 0) is 36.5 Å². The maximum Gasteiger partial charge on any atom is 0.263 e. The number of oxazole rings is 1. The van der Waals surface area contributed by atoms with Gasteiger partial charge in [0.25, 0.3) is 5.89 Å². The zero-order chi connectivity index (χ0) is 21.7. The molecule has 0 radical (unpaired) electrons. The second kappa shape index (κ2) is 9.56. The van der Waals surface area contributed by atoms with E-state index in [1.165, 1.54) is 12.5 Å². The van der Waals surface area contributed by atoms with Crippen LogP contribution in [0.1, 0.15) is 68.1 Å². The summed E-state index contributed by atoms with van der Waals surface area (Å²) in [5, 5.41) is 6.17. The molecule has 0 fully saturated rings. The van der Waals surface area contributed by atoms with Crippen molar-refractivity contribution >= 4 is 29.0 Å². The van der Waals surface area contributed by atoms with E-state index in [9.17, 15) is 14.4 Å². The molecular weight excluding hydrogens is 384 g/mol. The van der Waals surface area contributed by atoms with Gasteiger partial charge in [0.2, 0.25) is 17.6 Å². The summed E-state index contributed by atoms with van der Waals surface area (Å²) in [6.07, 6.45) is 5.99. The molecule has 2 aromatic rings. The quantitative estimate of drug-likeness (QED) is 0.405. The lowest BCUT2D eigenvalue weighted by Crippen LogP contribution is -2.42. The van der Waals surface area contributed by atoms with Crippen LogP contribution in [0.15, 0.2) is 35.1 Å². The topological polar surface area (TPSA) is 127 Å². The van der Waals surface area contributed by atoms with Gasteiger partial charge in [0.1, 0.15) is 12.3 Å². The molecule has 0 bridgehead atoms. The minimum Gasteiger partial charge on any atom is -0.442 e. The van der Waals surface area contributed by atoms with Crippen LogP contribution in [0, 0.1) is 5.92 Å². The number of ketones is 1. The lowest BCUT2D eigenvalue weighted by atomic mass is 9.91. The van der Waals surface area contributed by atoms with E-state index in [1.54, 1.807) is 0 Å². The van der Waals surface area contributed by atoms with E-state index in [1.807, 2.05) is 32.0 Å². The molecule has 1 aromatic heterocycles. The maximum atomic E-state index is 12.3. The number of carbonyl (C=O) groups excluding carboxylic acids is 3. The predicted octanol–water partition coefficient (Wildman–Crippen LogP) is 3.47. The van der Waals surface area contributed by atoms with Crippen molar-refractivity contribution in [1.29, 1.82) is 0 Å². The highest BCUT2D eigenvalue weighted by Gasteiger charge is 2.29. The van der Waals surface area contributed by atoms with Gasteiger partial charge in [-0.15, -0.1) is 0 Å². The number of Topliss-reactive ketones (excluding diaryl/α,β-unsaturated/α-hetero) is 1. The molecule has 1 aromatic carbocycles. The van der Waals surface area contributed by atoms with Gasteiger partial charge in [0, 0.05) is 6.42 Å². The van der Waals surface area contributed by atoms with Gasteiger partial charge < -0.3 is 20.8 Å². The van der Waals surface area contributed by atoms with Crippen molar-refractivity contribution in [2.45, 2.75) is 57.9 Å². The molecule has 0 saturated carbocycles. The Morgan fingerprint density at radius 2 is 2.00 bits per heavy atom. The van der Waals surface area contributed by atoms with E-state index >= 15 is 0 Å². The molecule has 2 amide bonds. The first-order valence-corrected chi connectivity index (χ1v) is 10.3. The van der Waals surface area contributed by atoms with Crippen LogP contribution in [0.25, 0.3) is 0 Å². The number of rotatable bonds is 10. The molecule has 2 heterocycles. The van der Waals surface area contributed by atoms with E-state index in [4.69, 9.17) is 10.2 Å². The summed E-state index contributed by atoms with van der Waals surface area (Å²) in [4.78, 5) is 40.1. The smallest absolute Gasteiger partial charge is 0.263 e. The first-order valence-electron chi connectivity index (χ1n) is 10.3. The van der Waals surface area contributed by atoms with Crippen molar-refractivity contribution in [3.05, 3.63) is 42.1 Å². The Morgan fingerprint density at radius 3 is 2.67 bits per heavy atom. The zero-order valence-electron chi connectivity index (χ0n) is 17.3. The number of nitrogens with one attached hydrogen (secondary N) is 2. The monoisotopic (exact) mass is 412 g/mol. The Hall–Kier alpha value is -3.16. The molecule has 30 heavy (non-hydrogen) atoms. The Morgan fingerprint density at radius 1 is 1.20 bits per heavy atom. The third kappa shape index (κ3) is 5.06. The van der Waals surface area contributed by atoms with Crippen molar-refractivity contribution in [2.75, 3.05) is 10.6 Å². The molecule has 0 spiro atoms. The Bertz CT molecular complexity index is 908. The Labute approximate surface area is 175 Å². The fourth-order valence-electron chi connectivity index (χ4n) is 3.67. The van der Waals surface area contributed by atoms with Gasteiger partial charge >= 0.3 is 0 Å².